The molecule has 0 spiro atoms. The lowest BCUT2D eigenvalue weighted by molar-refractivity contribution is -0.151. The van der Waals surface area contributed by atoms with E-state index < -0.39 is 18.2 Å². The van der Waals surface area contributed by atoms with Crippen LogP contribution in [-0.4, -0.2) is 46.9 Å². The van der Waals surface area contributed by atoms with Crippen LogP contribution >= 0.6 is 0 Å². The summed E-state index contributed by atoms with van der Waals surface area (Å²) in [6, 6.07) is -0.698. The average Bonchev–Trinajstić information content (AvgIpc) is 3.13. The lowest BCUT2D eigenvalue weighted by Gasteiger charge is -2.24. The summed E-state index contributed by atoms with van der Waals surface area (Å²) >= 11 is 0. The van der Waals surface area contributed by atoms with Crippen molar-refractivity contribution in [2.45, 2.75) is 251 Å². The van der Waals surface area contributed by atoms with E-state index in [1.807, 2.05) is 0 Å². The molecular formula is C46H87NO5. The van der Waals surface area contributed by atoms with Crippen LogP contribution in [0.25, 0.3) is 0 Å². The second kappa shape index (κ2) is 40.5. The third kappa shape index (κ3) is 35.4. The van der Waals surface area contributed by atoms with E-state index in [1.54, 1.807) is 0 Å². The highest BCUT2D eigenvalue weighted by molar-refractivity contribution is 5.77. The van der Waals surface area contributed by atoms with Crippen molar-refractivity contribution in [3.8, 4) is 0 Å². The number of esters is 1. The van der Waals surface area contributed by atoms with Crippen LogP contribution in [0.1, 0.15) is 233 Å². The molecule has 0 aromatic heterocycles. The summed E-state index contributed by atoms with van der Waals surface area (Å²) in [5, 5.41) is 23.6. The Morgan fingerprint density at radius 2 is 1.04 bits per heavy atom. The highest BCUT2D eigenvalue weighted by atomic mass is 16.5. The molecular weight excluding hydrogens is 647 g/mol. The second-order valence-corrected chi connectivity index (χ2v) is 15.4. The minimum Gasteiger partial charge on any atom is -0.462 e. The number of aliphatic hydroxyl groups is 2. The van der Waals surface area contributed by atoms with Crippen molar-refractivity contribution in [2.24, 2.45) is 0 Å². The van der Waals surface area contributed by atoms with E-state index in [1.165, 1.54) is 109 Å². The van der Waals surface area contributed by atoms with Crippen molar-refractivity contribution < 1.29 is 24.5 Å². The van der Waals surface area contributed by atoms with Crippen LogP contribution in [0.2, 0.25) is 0 Å². The molecule has 0 heterocycles. The molecule has 3 unspecified atom stereocenters. The van der Waals surface area contributed by atoms with Gasteiger partial charge in [0.15, 0.2) is 0 Å². The Kier molecular flexibility index (Phi) is 39.2. The molecule has 6 nitrogen and oxygen atoms in total. The highest BCUT2D eigenvalue weighted by Crippen LogP contribution is 2.17. The van der Waals surface area contributed by atoms with Crippen molar-refractivity contribution in [3.05, 3.63) is 24.3 Å². The van der Waals surface area contributed by atoms with E-state index in [4.69, 9.17) is 4.74 Å². The number of carbonyl (C=O) groups is 2. The largest absolute Gasteiger partial charge is 0.462 e. The number of aliphatic hydroxyl groups excluding tert-OH is 2. The van der Waals surface area contributed by atoms with Crippen molar-refractivity contribution >= 4 is 11.9 Å². The van der Waals surface area contributed by atoms with Gasteiger partial charge in [0.1, 0.15) is 6.10 Å². The van der Waals surface area contributed by atoms with Crippen LogP contribution in [0.3, 0.4) is 0 Å². The van der Waals surface area contributed by atoms with Gasteiger partial charge in [-0.2, -0.15) is 0 Å². The Morgan fingerprint density at radius 1 is 0.577 bits per heavy atom. The molecule has 0 bridgehead atoms. The number of carbonyl (C=O) groups excluding carboxylic acids is 2. The summed E-state index contributed by atoms with van der Waals surface area (Å²) in [4.78, 5) is 25.9. The number of unbranched alkanes of at least 4 members (excludes halogenated alkanes) is 24. The Balaban J connectivity index is 4.60. The fourth-order valence-corrected chi connectivity index (χ4v) is 6.88. The van der Waals surface area contributed by atoms with Crippen LogP contribution < -0.4 is 5.32 Å². The van der Waals surface area contributed by atoms with Crippen molar-refractivity contribution in [1.29, 1.82) is 0 Å². The summed E-state index contributed by atoms with van der Waals surface area (Å²) in [5.74, 6) is -0.483. The Labute approximate surface area is 322 Å². The zero-order chi connectivity index (χ0) is 38.2. The van der Waals surface area contributed by atoms with Crippen LogP contribution in [0.15, 0.2) is 24.3 Å². The van der Waals surface area contributed by atoms with E-state index >= 15 is 0 Å². The maximum absolute atomic E-state index is 13.1. The fraction of sp³-hybridized carbons (Fsp3) is 0.870. The van der Waals surface area contributed by atoms with Gasteiger partial charge in [-0.25, -0.2) is 0 Å². The second-order valence-electron chi connectivity index (χ2n) is 15.4. The topological polar surface area (TPSA) is 95.9 Å². The van der Waals surface area contributed by atoms with E-state index in [9.17, 15) is 19.8 Å². The Hall–Kier alpha value is -1.66. The predicted octanol–water partition coefficient (Wildman–Crippen LogP) is 12.8. The van der Waals surface area contributed by atoms with Crippen molar-refractivity contribution in [1.82, 2.24) is 5.32 Å². The molecule has 0 saturated carbocycles. The van der Waals surface area contributed by atoms with Crippen LogP contribution in [0, 0.1) is 0 Å². The molecule has 0 radical (unpaired) electrons. The monoisotopic (exact) mass is 734 g/mol. The summed E-state index contributed by atoms with van der Waals surface area (Å²) in [6.07, 6.45) is 43.8. The normalized spacial score (nSPS) is 13.6. The highest BCUT2D eigenvalue weighted by Gasteiger charge is 2.24. The van der Waals surface area contributed by atoms with Crippen LogP contribution in [-0.2, 0) is 14.3 Å². The number of ether oxygens (including phenoxy) is 1. The van der Waals surface area contributed by atoms with Crippen LogP contribution in [0.4, 0.5) is 0 Å². The zero-order valence-corrected chi connectivity index (χ0v) is 34.7. The van der Waals surface area contributed by atoms with Gasteiger partial charge in [-0.3, -0.25) is 9.59 Å². The number of amides is 1. The van der Waals surface area contributed by atoms with Crippen molar-refractivity contribution in [2.75, 3.05) is 6.61 Å². The first-order chi connectivity index (χ1) is 25.5. The minimum absolute atomic E-state index is 0.0721. The van der Waals surface area contributed by atoms with Gasteiger partial charge in [0.05, 0.1) is 25.2 Å². The lowest BCUT2D eigenvalue weighted by Crippen LogP contribution is -2.46. The molecule has 0 fully saturated rings. The first kappa shape index (κ1) is 50.3. The number of hydrogen-bond donors (Lipinski definition) is 3. The number of rotatable bonds is 40. The van der Waals surface area contributed by atoms with E-state index in [0.29, 0.717) is 19.3 Å². The maximum Gasteiger partial charge on any atom is 0.306 e. The summed E-state index contributed by atoms with van der Waals surface area (Å²) < 4.78 is 5.89. The average molecular weight is 734 g/mol. The van der Waals surface area contributed by atoms with E-state index in [0.717, 1.165) is 77.0 Å². The minimum atomic E-state index is -0.784. The molecule has 3 atom stereocenters. The number of hydrogen-bond acceptors (Lipinski definition) is 5. The Morgan fingerprint density at radius 3 is 1.56 bits per heavy atom. The van der Waals surface area contributed by atoms with Gasteiger partial charge in [-0.15, -0.1) is 0 Å². The molecule has 0 aromatic carbocycles. The third-order valence-electron chi connectivity index (χ3n) is 10.3. The molecule has 0 aliphatic heterocycles. The van der Waals surface area contributed by atoms with E-state index in [2.05, 4.69) is 50.4 Å². The van der Waals surface area contributed by atoms with Gasteiger partial charge < -0.3 is 20.3 Å². The molecule has 52 heavy (non-hydrogen) atoms. The fourth-order valence-electron chi connectivity index (χ4n) is 6.88. The van der Waals surface area contributed by atoms with Gasteiger partial charge in [-0.1, -0.05) is 193 Å². The molecule has 0 aliphatic carbocycles. The molecule has 0 rings (SSSR count). The number of allylic oxidation sites excluding steroid dienone is 4. The molecule has 0 aliphatic rings. The van der Waals surface area contributed by atoms with Gasteiger partial charge >= 0.3 is 5.97 Å². The Bertz CT molecular complexity index is 828. The summed E-state index contributed by atoms with van der Waals surface area (Å²) in [6.45, 7) is 6.34. The molecule has 3 N–H and O–H groups in total. The maximum atomic E-state index is 13.1. The first-order valence-corrected chi connectivity index (χ1v) is 22.6. The van der Waals surface area contributed by atoms with Gasteiger partial charge in [0, 0.05) is 6.42 Å². The quantitative estimate of drug-likeness (QED) is 0.0331. The number of nitrogens with one attached hydrogen (secondary N) is 1. The SMILES string of the molecule is CC/C=C/C/C=C/CCCCCCCC(CC(=O)NC(CO)C(O)CCCCCCCCCCC)OC(=O)CCCCCCCCCCCCCC. The van der Waals surface area contributed by atoms with Crippen molar-refractivity contribution in [3.63, 3.8) is 0 Å². The standard InChI is InChI=1S/C46H87NO5/c1-4-7-10-13-16-19-21-23-26-28-31-34-37-42(52-46(51)39-36-33-30-27-24-22-20-17-14-11-8-5-2)40-45(50)47-43(41-48)44(49)38-35-32-29-25-18-15-12-9-6-3/h7,10,16,19,42-44,48-49H,4-6,8-9,11-15,17-18,20-41H2,1-3H3,(H,47,50)/b10-7+,19-16+. The lowest BCUT2D eigenvalue weighted by atomic mass is 10.0. The van der Waals surface area contributed by atoms with Gasteiger partial charge in [0.25, 0.3) is 0 Å². The smallest absolute Gasteiger partial charge is 0.306 e. The molecule has 6 heteroatoms. The molecule has 0 aromatic rings. The predicted molar refractivity (Wildman–Crippen MR) is 223 cm³/mol. The van der Waals surface area contributed by atoms with E-state index in [-0.39, 0.29) is 24.9 Å². The summed E-state index contributed by atoms with van der Waals surface area (Å²) in [7, 11) is 0. The van der Waals surface area contributed by atoms with Gasteiger partial charge in [-0.05, 0) is 51.4 Å². The molecule has 0 saturated heterocycles. The molecule has 1 amide bonds. The van der Waals surface area contributed by atoms with Gasteiger partial charge in [0.2, 0.25) is 5.91 Å². The molecule has 306 valence electrons. The van der Waals surface area contributed by atoms with Crippen LogP contribution in [0.5, 0.6) is 0 Å². The summed E-state index contributed by atoms with van der Waals surface area (Å²) in [5.41, 5.74) is 0. The third-order valence-corrected chi connectivity index (χ3v) is 10.3. The first-order valence-electron chi connectivity index (χ1n) is 22.6. The zero-order valence-electron chi connectivity index (χ0n) is 34.7.